The molecule has 0 fully saturated rings. The van der Waals surface area contributed by atoms with Crippen molar-refractivity contribution in [2.24, 2.45) is 0 Å². The van der Waals surface area contributed by atoms with E-state index < -0.39 is 43.3 Å². The van der Waals surface area contributed by atoms with E-state index >= 15 is 0 Å². The fourth-order valence-electron chi connectivity index (χ4n) is 3.89. The molecule has 2 N–H and O–H groups in total. The summed E-state index contributed by atoms with van der Waals surface area (Å²) < 4.78 is 44.4. The van der Waals surface area contributed by atoms with Crippen LogP contribution in [0.1, 0.15) is 23.5 Å². The number of halogens is 3. The molecule has 0 saturated carbocycles. The smallest absolute Gasteiger partial charge is 0.410 e. The summed E-state index contributed by atoms with van der Waals surface area (Å²) in [5.41, 5.74) is 3.66. The highest BCUT2D eigenvalue weighted by Crippen LogP contribution is 2.44. The number of rotatable bonds is 9. The number of alkyl halides is 3. The lowest BCUT2D eigenvalue weighted by molar-refractivity contribution is -0.148. The average molecular weight is 476 g/mol. The second-order valence-electron chi connectivity index (χ2n) is 7.76. The molecule has 2 aromatic rings. The van der Waals surface area contributed by atoms with E-state index in [9.17, 15) is 27.6 Å². The van der Waals surface area contributed by atoms with E-state index in [-0.39, 0.29) is 23.8 Å². The summed E-state index contributed by atoms with van der Waals surface area (Å²) in [5, 5.41) is 11.2. The van der Waals surface area contributed by atoms with Crippen LogP contribution in [-0.2, 0) is 14.3 Å². The van der Waals surface area contributed by atoms with E-state index in [4.69, 9.17) is 9.84 Å². The summed E-state index contributed by atoms with van der Waals surface area (Å²) in [6.07, 6.45) is -5.01. The summed E-state index contributed by atoms with van der Waals surface area (Å²) in [5.74, 6) is -2.81. The fourth-order valence-corrected chi connectivity index (χ4v) is 3.89. The molecule has 180 valence electrons. The Morgan fingerprint density at radius 1 is 1.09 bits per heavy atom. The molecule has 0 aromatic heterocycles. The molecule has 0 radical (unpaired) electrons. The minimum absolute atomic E-state index is 0.134. The third-order valence-electron chi connectivity index (χ3n) is 5.33. The van der Waals surface area contributed by atoms with Crippen LogP contribution in [0, 0.1) is 0 Å². The van der Waals surface area contributed by atoms with Gasteiger partial charge in [0.05, 0.1) is 0 Å². The molecule has 0 aliphatic heterocycles. The largest absolute Gasteiger partial charge is 0.480 e. The number of carboxylic acids is 1. The van der Waals surface area contributed by atoms with Crippen molar-refractivity contribution >= 4 is 18.0 Å². The van der Waals surface area contributed by atoms with Gasteiger partial charge in [-0.3, -0.25) is 9.69 Å². The summed E-state index contributed by atoms with van der Waals surface area (Å²) in [6, 6.07) is 13.6. The maximum absolute atomic E-state index is 13.1. The highest BCUT2D eigenvalue weighted by atomic mass is 19.4. The number of carbonyl (C=O) groups excluding carboxylic acids is 2. The summed E-state index contributed by atoms with van der Waals surface area (Å²) >= 11 is 0. The Bertz CT molecular complexity index is 1040. The SMILES string of the molecule is C=CCC(NC(=O)CN(CC(F)(F)F)C(=O)OCC1c2ccccc2-c2ccccc21)C(=O)O. The molecule has 10 heteroatoms. The van der Waals surface area contributed by atoms with Gasteiger partial charge in [-0.05, 0) is 28.7 Å². The minimum atomic E-state index is -4.79. The molecule has 2 amide bonds. The van der Waals surface area contributed by atoms with Crippen LogP contribution in [0.15, 0.2) is 61.2 Å². The number of amides is 2. The number of nitrogens with zero attached hydrogens (tertiary/aromatic N) is 1. The second kappa shape index (κ2) is 10.4. The molecule has 34 heavy (non-hydrogen) atoms. The van der Waals surface area contributed by atoms with Crippen molar-refractivity contribution in [3.8, 4) is 11.1 Å². The third kappa shape index (κ3) is 5.94. The second-order valence-corrected chi connectivity index (χ2v) is 7.76. The highest BCUT2D eigenvalue weighted by molar-refractivity contribution is 5.87. The van der Waals surface area contributed by atoms with Crippen LogP contribution in [-0.4, -0.2) is 59.9 Å². The Hall–Kier alpha value is -3.82. The Morgan fingerprint density at radius 2 is 1.65 bits per heavy atom. The first-order valence-corrected chi connectivity index (χ1v) is 10.4. The predicted octanol–water partition coefficient (Wildman–Crippen LogP) is 3.95. The number of fused-ring (bicyclic) bond motifs is 3. The molecular formula is C24H23F3N2O5. The van der Waals surface area contributed by atoms with Crippen LogP contribution >= 0.6 is 0 Å². The lowest BCUT2D eigenvalue weighted by Crippen LogP contribution is -2.49. The number of carboxylic acid groups (broad SMARTS) is 1. The molecule has 0 spiro atoms. The van der Waals surface area contributed by atoms with E-state index in [1.807, 2.05) is 48.5 Å². The number of aliphatic carboxylic acids is 1. The van der Waals surface area contributed by atoms with Crippen molar-refractivity contribution < 1.29 is 37.4 Å². The Labute approximate surface area is 193 Å². The van der Waals surface area contributed by atoms with Crippen molar-refractivity contribution in [1.29, 1.82) is 0 Å². The van der Waals surface area contributed by atoms with Gasteiger partial charge < -0.3 is 15.2 Å². The zero-order valence-corrected chi connectivity index (χ0v) is 18.0. The first-order chi connectivity index (χ1) is 16.1. The van der Waals surface area contributed by atoms with Gasteiger partial charge in [-0.1, -0.05) is 54.6 Å². The summed E-state index contributed by atoms with van der Waals surface area (Å²) in [6.45, 7) is 0.406. The molecular weight excluding hydrogens is 453 g/mol. The normalized spacial score (nSPS) is 13.4. The minimum Gasteiger partial charge on any atom is -0.480 e. The molecule has 7 nitrogen and oxygen atoms in total. The molecule has 2 aromatic carbocycles. The van der Waals surface area contributed by atoms with Crippen molar-refractivity contribution in [2.45, 2.75) is 24.6 Å². The molecule has 1 aliphatic rings. The van der Waals surface area contributed by atoms with Gasteiger partial charge in [0, 0.05) is 5.92 Å². The van der Waals surface area contributed by atoms with Crippen LogP contribution in [0.4, 0.5) is 18.0 Å². The maximum atomic E-state index is 13.1. The summed E-state index contributed by atoms with van der Waals surface area (Å²) in [4.78, 5) is 36.1. The monoisotopic (exact) mass is 476 g/mol. The number of benzene rings is 2. The van der Waals surface area contributed by atoms with E-state index in [0.29, 0.717) is 0 Å². The van der Waals surface area contributed by atoms with Crippen LogP contribution in [0.2, 0.25) is 0 Å². The number of hydrogen-bond donors (Lipinski definition) is 2. The van der Waals surface area contributed by atoms with Gasteiger partial charge in [0.1, 0.15) is 25.7 Å². The lowest BCUT2D eigenvalue weighted by Gasteiger charge is -2.24. The topological polar surface area (TPSA) is 95.9 Å². The van der Waals surface area contributed by atoms with Gasteiger partial charge in [0.2, 0.25) is 5.91 Å². The number of nitrogens with one attached hydrogen (secondary N) is 1. The van der Waals surface area contributed by atoms with Crippen LogP contribution in [0.3, 0.4) is 0 Å². The van der Waals surface area contributed by atoms with Gasteiger partial charge in [0.15, 0.2) is 0 Å². The standard InChI is InChI=1S/C24H23F3N2O5/c1-2-7-20(22(31)32)28-21(30)12-29(14-24(25,26)27)23(33)34-13-19-17-10-5-3-8-15(17)16-9-4-6-11-18(16)19/h2-6,8-11,19-20H,1,7,12-14H2,(H,28,30)(H,31,32). The zero-order chi connectivity index (χ0) is 24.9. The summed E-state index contributed by atoms with van der Waals surface area (Å²) in [7, 11) is 0. The molecule has 0 heterocycles. The lowest BCUT2D eigenvalue weighted by atomic mass is 9.98. The van der Waals surface area contributed by atoms with Gasteiger partial charge in [-0.15, -0.1) is 6.58 Å². The van der Waals surface area contributed by atoms with Crippen LogP contribution < -0.4 is 5.32 Å². The molecule has 0 bridgehead atoms. The van der Waals surface area contributed by atoms with E-state index in [1.54, 1.807) is 0 Å². The van der Waals surface area contributed by atoms with Gasteiger partial charge in [0.25, 0.3) is 0 Å². The first-order valence-electron chi connectivity index (χ1n) is 10.4. The predicted molar refractivity (Wildman–Crippen MR) is 117 cm³/mol. The van der Waals surface area contributed by atoms with Crippen molar-refractivity contribution in [1.82, 2.24) is 10.2 Å². The Kier molecular flexibility index (Phi) is 7.60. The van der Waals surface area contributed by atoms with E-state index in [1.165, 1.54) is 6.08 Å². The molecule has 1 aliphatic carbocycles. The third-order valence-corrected chi connectivity index (χ3v) is 5.33. The van der Waals surface area contributed by atoms with E-state index in [2.05, 4.69) is 11.9 Å². The average Bonchev–Trinajstić information content (AvgIpc) is 3.09. The quantitative estimate of drug-likeness (QED) is 0.535. The van der Waals surface area contributed by atoms with Crippen molar-refractivity contribution in [2.75, 3.05) is 19.7 Å². The van der Waals surface area contributed by atoms with Crippen molar-refractivity contribution in [3.63, 3.8) is 0 Å². The number of hydrogen-bond acceptors (Lipinski definition) is 4. The fraction of sp³-hybridized carbons (Fsp3) is 0.292. The van der Waals surface area contributed by atoms with Crippen LogP contribution in [0.5, 0.6) is 0 Å². The molecule has 3 rings (SSSR count). The first kappa shape index (κ1) is 24.8. The maximum Gasteiger partial charge on any atom is 0.410 e. The zero-order valence-electron chi connectivity index (χ0n) is 18.0. The highest BCUT2D eigenvalue weighted by Gasteiger charge is 2.36. The number of ether oxygens (including phenoxy) is 1. The molecule has 1 atom stereocenters. The van der Waals surface area contributed by atoms with Crippen LogP contribution in [0.25, 0.3) is 11.1 Å². The Balaban J connectivity index is 1.72. The van der Waals surface area contributed by atoms with Gasteiger partial charge in [-0.25, -0.2) is 9.59 Å². The Morgan fingerprint density at radius 3 is 2.15 bits per heavy atom. The molecule has 0 saturated heterocycles. The van der Waals surface area contributed by atoms with Gasteiger partial charge >= 0.3 is 18.2 Å². The van der Waals surface area contributed by atoms with Crippen molar-refractivity contribution in [3.05, 3.63) is 72.3 Å². The van der Waals surface area contributed by atoms with Gasteiger partial charge in [-0.2, -0.15) is 13.2 Å². The van der Waals surface area contributed by atoms with E-state index in [0.717, 1.165) is 22.3 Å². The number of carbonyl (C=O) groups is 3. The molecule has 1 unspecified atom stereocenters.